The van der Waals surface area contributed by atoms with Gasteiger partial charge in [-0.1, -0.05) is 43.1 Å². The van der Waals surface area contributed by atoms with Crippen molar-refractivity contribution in [2.24, 2.45) is 0 Å². The molecule has 0 aliphatic heterocycles. The first-order valence-corrected chi connectivity index (χ1v) is 5.30. The van der Waals surface area contributed by atoms with E-state index in [0.29, 0.717) is 5.56 Å². The Kier molecular flexibility index (Phi) is 4.85. The van der Waals surface area contributed by atoms with E-state index in [1.807, 2.05) is 6.07 Å². The Morgan fingerprint density at radius 1 is 1.31 bits per heavy atom. The van der Waals surface area contributed by atoms with Crippen molar-refractivity contribution in [1.82, 2.24) is 4.72 Å². The third-order valence-electron chi connectivity index (χ3n) is 2.28. The molecule has 0 saturated carbocycles. The number of amides is 1. The van der Waals surface area contributed by atoms with Crippen LogP contribution in [0.1, 0.15) is 24.3 Å². The summed E-state index contributed by atoms with van der Waals surface area (Å²) in [7, 11) is 0. The van der Waals surface area contributed by atoms with E-state index < -0.39 is 11.9 Å². The molecule has 0 saturated heterocycles. The molecule has 2 N–H and O–H groups in total. The first-order valence-electron chi connectivity index (χ1n) is 4.86. The second-order valence-corrected chi connectivity index (χ2v) is 3.60. The minimum absolute atomic E-state index is 0.148. The molecule has 16 heavy (non-hydrogen) atoms. The number of carboxylic acid groups (broad SMARTS) is 1. The van der Waals surface area contributed by atoms with E-state index >= 15 is 0 Å². The number of hydrogen-bond acceptors (Lipinski definition) is 3. The van der Waals surface area contributed by atoms with Gasteiger partial charge in [0.05, 0.1) is 5.92 Å². The molecule has 0 bridgehead atoms. The second kappa shape index (κ2) is 6.17. The first-order chi connectivity index (χ1) is 7.65. The highest BCUT2D eigenvalue weighted by Crippen LogP contribution is 2.21. The number of benzene rings is 1. The molecular weight excluding hydrogens is 226 g/mol. The fourth-order valence-corrected chi connectivity index (χ4v) is 1.56. The van der Waals surface area contributed by atoms with Gasteiger partial charge in [0.25, 0.3) is 0 Å². The molecule has 1 atom stereocenters. The van der Waals surface area contributed by atoms with Gasteiger partial charge in [-0.2, -0.15) is 0 Å². The van der Waals surface area contributed by atoms with Gasteiger partial charge in [0, 0.05) is 6.42 Å². The van der Waals surface area contributed by atoms with E-state index in [2.05, 4.69) is 17.5 Å². The van der Waals surface area contributed by atoms with Crippen molar-refractivity contribution in [3.05, 3.63) is 35.9 Å². The zero-order valence-electron chi connectivity index (χ0n) is 8.59. The molecule has 1 aromatic carbocycles. The minimum Gasteiger partial charge on any atom is -0.481 e. The molecule has 5 heteroatoms. The van der Waals surface area contributed by atoms with Crippen LogP contribution in [0.4, 0.5) is 0 Å². The molecular formula is C11H13NO3S. The molecule has 0 heterocycles. The summed E-state index contributed by atoms with van der Waals surface area (Å²) in [5.41, 5.74) is 0.710. The predicted octanol–water partition coefficient (Wildman–Crippen LogP) is 1.60. The SMILES string of the molecule is O=C(CCC(C(=O)O)c1ccccc1)NS. The van der Waals surface area contributed by atoms with Crippen LogP contribution in [0, 0.1) is 0 Å². The Morgan fingerprint density at radius 3 is 2.44 bits per heavy atom. The molecule has 86 valence electrons. The standard InChI is InChI=1S/C11H13NO3S/c13-10(12-16)7-6-9(11(14)15)8-4-2-1-3-5-8/h1-5,9,16H,6-7H2,(H,12,13)(H,14,15). The lowest BCUT2D eigenvalue weighted by Crippen LogP contribution is -2.17. The molecule has 0 aliphatic rings. The van der Waals surface area contributed by atoms with Gasteiger partial charge in [0.1, 0.15) is 0 Å². The lowest BCUT2D eigenvalue weighted by molar-refractivity contribution is -0.139. The van der Waals surface area contributed by atoms with Gasteiger partial charge in [0.2, 0.25) is 5.91 Å². The van der Waals surface area contributed by atoms with Crippen LogP contribution in [0.5, 0.6) is 0 Å². The quantitative estimate of drug-likeness (QED) is 0.684. The highest BCUT2D eigenvalue weighted by atomic mass is 32.1. The van der Waals surface area contributed by atoms with E-state index in [9.17, 15) is 9.59 Å². The maximum absolute atomic E-state index is 11.0. The van der Waals surface area contributed by atoms with Gasteiger partial charge in [-0.15, -0.1) is 0 Å². The summed E-state index contributed by atoms with van der Waals surface area (Å²) in [4.78, 5) is 22.0. The van der Waals surface area contributed by atoms with Crippen LogP contribution in [0.25, 0.3) is 0 Å². The van der Waals surface area contributed by atoms with Gasteiger partial charge in [-0.25, -0.2) is 0 Å². The zero-order chi connectivity index (χ0) is 12.0. The van der Waals surface area contributed by atoms with E-state index in [1.54, 1.807) is 24.3 Å². The number of nitrogens with one attached hydrogen (secondary N) is 1. The molecule has 1 amide bonds. The summed E-state index contributed by atoms with van der Waals surface area (Å²) < 4.78 is 2.17. The first kappa shape index (κ1) is 12.6. The fourth-order valence-electron chi connectivity index (χ4n) is 1.45. The summed E-state index contributed by atoms with van der Waals surface area (Å²) in [5.74, 6) is -1.84. The topological polar surface area (TPSA) is 66.4 Å². The van der Waals surface area contributed by atoms with Crippen LogP contribution in [0.15, 0.2) is 30.3 Å². The molecule has 0 aliphatic carbocycles. The summed E-state index contributed by atoms with van der Waals surface area (Å²) >= 11 is 3.61. The summed E-state index contributed by atoms with van der Waals surface area (Å²) in [6.07, 6.45) is 0.418. The van der Waals surface area contributed by atoms with E-state index in [0.717, 1.165) is 0 Å². The highest BCUT2D eigenvalue weighted by Gasteiger charge is 2.20. The number of carbonyl (C=O) groups is 2. The average Bonchev–Trinajstić information content (AvgIpc) is 2.30. The predicted molar refractivity (Wildman–Crippen MR) is 63.2 cm³/mol. The Labute approximate surface area is 99.2 Å². The molecule has 1 unspecified atom stereocenters. The number of carboxylic acids is 1. The van der Waals surface area contributed by atoms with Crippen molar-refractivity contribution in [2.75, 3.05) is 0 Å². The van der Waals surface area contributed by atoms with Crippen LogP contribution in [-0.4, -0.2) is 17.0 Å². The Hall–Kier alpha value is -1.49. The number of carbonyl (C=O) groups excluding carboxylic acids is 1. The van der Waals surface area contributed by atoms with Crippen molar-refractivity contribution < 1.29 is 14.7 Å². The highest BCUT2D eigenvalue weighted by molar-refractivity contribution is 7.78. The van der Waals surface area contributed by atoms with Crippen molar-refractivity contribution >= 4 is 24.7 Å². The molecule has 4 nitrogen and oxygen atoms in total. The van der Waals surface area contributed by atoms with Crippen molar-refractivity contribution in [2.45, 2.75) is 18.8 Å². The third-order valence-corrected chi connectivity index (χ3v) is 2.53. The minimum atomic E-state index is -0.918. The van der Waals surface area contributed by atoms with E-state index in [4.69, 9.17) is 5.11 Å². The fraction of sp³-hybridized carbons (Fsp3) is 0.273. The van der Waals surface area contributed by atoms with Crippen molar-refractivity contribution in [3.8, 4) is 0 Å². The van der Waals surface area contributed by atoms with Crippen molar-refractivity contribution in [3.63, 3.8) is 0 Å². The van der Waals surface area contributed by atoms with Gasteiger partial charge < -0.3 is 9.83 Å². The lowest BCUT2D eigenvalue weighted by Gasteiger charge is -2.11. The molecule has 1 rings (SSSR count). The van der Waals surface area contributed by atoms with Gasteiger partial charge in [0.15, 0.2) is 0 Å². The number of thiol groups is 1. The smallest absolute Gasteiger partial charge is 0.310 e. The Morgan fingerprint density at radius 2 is 1.94 bits per heavy atom. The maximum atomic E-state index is 11.0. The van der Waals surface area contributed by atoms with Gasteiger partial charge in [-0.3, -0.25) is 9.59 Å². The second-order valence-electron chi connectivity index (χ2n) is 3.38. The normalized spacial score (nSPS) is 11.8. The number of rotatable bonds is 5. The molecule has 0 radical (unpaired) electrons. The number of aliphatic carboxylic acids is 1. The average molecular weight is 239 g/mol. The molecule has 0 fully saturated rings. The number of hydrogen-bond donors (Lipinski definition) is 3. The maximum Gasteiger partial charge on any atom is 0.310 e. The molecule has 1 aromatic rings. The Bertz CT molecular complexity index is 367. The van der Waals surface area contributed by atoms with E-state index in [1.165, 1.54) is 0 Å². The summed E-state index contributed by atoms with van der Waals surface area (Å²) in [5, 5.41) is 9.06. The lowest BCUT2D eigenvalue weighted by atomic mass is 9.94. The van der Waals surface area contributed by atoms with Crippen LogP contribution in [-0.2, 0) is 9.59 Å². The third kappa shape index (κ3) is 3.58. The summed E-state index contributed by atoms with van der Waals surface area (Å²) in [6.45, 7) is 0. The molecule has 0 aromatic heterocycles. The van der Waals surface area contributed by atoms with Crippen molar-refractivity contribution in [1.29, 1.82) is 0 Å². The monoisotopic (exact) mass is 239 g/mol. The van der Waals surface area contributed by atoms with Crippen LogP contribution in [0.3, 0.4) is 0 Å². The summed E-state index contributed by atoms with van der Waals surface area (Å²) in [6, 6.07) is 8.88. The van der Waals surface area contributed by atoms with Gasteiger partial charge >= 0.3 is 5.97 Å². The van der Waals surface area contributed by atoms with Crippen LogP contribution < -0.4 is 4.72 Å². The Balaban J connectivity index is 2.69. The van der Waals surface area contributed by atoms with Crippen LogP contribution in [0.2, 0.25) is 0 Å². The molecule has 0 spiro atoms. The van der Waals surface area contributed by atoms with Crippen LogP contribution >= 0.6 is 12.8 Å². The van der Waals surface area contributed by atoms with E-state index in [-0.39, 0.29) is 18.7 Å². The zero-order valence-corrected chi connectivity index (χ0v) is 9.48. The van der Waals surface area contributed by atoms with Gasteiger partial charge in [-0.05, 0) is 12.0 Å². The largest absolute Gasteiger partial charge is 0.481 e.